The Labute approximate surface area is 219 Å². The number of likely N-dealkylation sites (tertiary alicyclic amines) is 1. The molecule has 1 aliphatic rings. The van der Waals surface area contributed by atoms with E-state index in [1.54, 1.807) is 22.1 Å². The molecule has 4 aromatic heterocycles. The summed E-state index contributed by atoms with van der Waals surface area (Å²) >= 11 is 7.70. The summed E-state index contributed by atoms with van der Waals surface area (Å²) in [6.07, 6.45) is 5.16. The number of halogens is 1. The van der Waals surface area contributed by atoms with E-state index in [2.05, 4.69) is 40.6 Å². The minimum Gasteiger partial charge on any atom is -0.361 e. The summed E-state index contributed by atoms with van der Waals surface area (Å²) in [5.41, 5.74) is 0.633. The fourth-order valence-electron chi connectivity index (χ4n) is 4.86. The molecular weight excluding hydrogens is 514 g/mol. The van der Waals surface area contributed by atoms with Gasteiger partial charge in [0.05, 0.1) is 15.2 Å². The molecule has 11 heteroatoms. The molecule has 1 aliphatic heterocycles. The van der Waals surface area contributed by atoms with Crippen molar-refractivity contribution >= 4 is 52.9 Å². The topological polar surface area (TPSA) is 85.1 Å². The van der Waals surface area contributed by atoms with E-state index in [1.807, 2.05) is 22.9 Å². The third-order valence-electron chi connectivity index (χ3n) is 6.84. The average Bonchev–Trinajstić information content (AvgIpc) is 3.43. The van der Waals surface area contributed by atoms with E-state index in [0.717, 1.165) is 53.9 Å². The third kappa shape index (κ3) is 5.38. The van der Waals surface area contributed by atoms with Crippen LogP contribution >= 0.6 is 22.9 Å². The highest BCUT2D eigenvalue weighted by atomic mass is 35.5. The fraction of sp³-hybridized carbons (Fsp3) is 0.480. The molecule has 0 aliphatic carbocycles. The maximum absolute atomic E-state index is 13.1. The molecule has 0 spiro atoms. The van der Waals surface area contributed by atoms with Crippen LogP contribution in [0, 0.1) is 0 Å². The first-order chi connectivity index (χ1) is 17.2. The molecule has 1 N–H and O–H groups in total. The van der Waals surface area contributed by atoms with Gasteiger partial charge in [-0.2, -0.15) is 0 Å². The largest absolute Gasteiger partial charge is 0.361 e. The molecule has 0 amide bonds. The van der Waals surface area contributed by atoms with Crippen molar-refractivity contribution in [3.8, 4) is 0 Å². The lowest BCUT2D eigenvalue weighted by Crippen LogP contribution is -2.39. The summed E-state index contributed by atoms with van der Waals surface area (Å²) in [6.45, 7) is 10.7. The number of H-pyrrole nitrogens is 1. The van der Waals surface area contributed by atoms with Crippen LogP contribution in [0.15, 0.2) is 40.2 Å². The zero-order valence-corrected chi connectivity index (χ0v) is 23.5. The predicted octanol–water partition coefficient (Wildman–Crippen LogP) is 4.90. The van der Waals surface area contributed by atoms with Crippen LogP contribution in [0.1, 0.15) is 23.8 Å². The molecule has 8 nitrogen and oxygen atoms in total. The van der Waals surface area contributed by atoms with Crippen molar-refractivity contribution < 1.29 is 4.74 Å². The predicted molar refractivity (Wildman–Crippen MR) is 149 cm³/mol. The third-order valence-corrected chi connectivity index (χ3v) is 9.76. The van der Waals surface area contributed by atoms with Gasteiger partial charge in [0.25, 0.3) is 5.56 Å². The van der Waals surface area contributed by atoms with Gasteiger partial charge in [0.1, 0.15) is 12.4 Å². The zero-order valence-electron chi connectivity index (χ0n) is 20.9. The van der Waals surface area contributed by atoms with E-state index in [9.17, 15) is 9.59 Å². The van der Waals surface area contributed by atoms with Crippen molar-refractivity contribution in [2.24, 2.45) is 0 Å². The summed E-state index contributed by atoms with van der Waals surface area (Å²) in [5, 5.41) is 1.25. The van der Waals surface area contributed by atoms with E-state index < -0.39 is 13.6 Å². The molecule has 0 radical (unpaired) electrons. The van der Waals surface area contributed by atoms with Gasteiger partial charge in [-0.15, -0.1) is 11.3 Å². The maximum Gasteiger partial charge on any atom is 0.329 e. The monoisotopic (exact) mass is 545 g/mol. The summed E-state index contributed by atoms with van der Waals surface area (Å²) in [4.78, 5) is 36.5. The highest BCUT2D eigenvalue weighted by Crippen LogP contribution is 2.30. The Morgan fingerprint density at radius 3 is 2.64 bits per heavy atom. The quantitative estimate of drug-likeness (QED) is 0.251. The SMILES string of the molecule is C[Si](C)(C)CCOCn1ccc2c1ncc1c(=O)[nH]c(=O)n(C3CCN(Cc4ccc(Cl)s4)CC3)c12. The van der Waals surface area contributed by atoms with Crippen LogP contribution in [0.25, 0.3) is 21.9 Å². The van der Waals surface area contributed by atoms with Crippen LogP contribution in [0.4, 0.5) is 0 Å². The number of hydrogen-bond donors (Lipinski definition) is 1. The Bertz CT molecular complexity index is 1490. The molecule has 36 heavy (non-hydrogen) atoms. The number of hydrogen-bond acceptors (Lipinski definition) is 6. The highest BCUT2D eigenvalue weighted by Gasteiger charge is 2.25. The lowest BCUT2D eigenvalue weighted by Gasteiger charge is -2.33. The van der Waals surface area contributed by atoms with E-state index in [1.165, 1.54) is 4.88 Å². The fourth-order valence-corrected chi connectivity index (χ4v) is 6.75. The molecule has 0 aromatic carbocycles. The Kier molecular flexibility index (Phi) is 7.24. The lowest BCUT2D eigenvalue weighted by atomic mass is 10.0. The smallest absolute Gasteiger partial charge is 0.329 e. The Morgan fingerprint density at radius 2 is 1.94 bits per heavy atom. The van der Waals surface area contributed by atoms with Gasteiger partial charge in [0, 0.05) is 63.0 Å². The molecule has 0 bridgehead atoms. The minimum absolute atomic E-state index is 0.00182. The van der Waals surface area contributed by atoms with E-state index in [0.29, 0.717) is 24.2 Å². The average molecular weight is 546 g/mol. The Balaban J connectivity index is 1.42. The Morgan fingerprint density at radius 1 is 1.17 bits per heavy atom. The first-order valence-electron chi connectivity index (χ1n) is 12.4. The summed E-state index contributed by atoms with van der Waals surface area (Å²) in [5.74, 6) is 0. The number of fused-ring (bicyclic) bond motifs is 3. The number of aromatic nitrogens is 4. The number of thiophene rings is 1. The first kappa shape index (κ1) is 25.4. The highest BCUT2D eigenvalue weighted by molar-refractivity contribution is 7.16. The number of aromatic amines is 1. The van der Waals surface area contributed by atoms with Crippen LogP contribution in [0.2, 0.25) is 30.0 Å². The summed E-state index contributed by atoms with van der Waals surface area (Å²) in [6, 6.07) is 7.04. The Hall–Kier alpha value is -2.24. The lowest BCUT2D eigenvalue weighted by molar-refractivity contribution is 0.0899. The second-order valence-corrected chi connectivity index (χ2v) is 18.2. The van der Waals surface area contributed by atoms with Crippen LogP contribution < -0.4 is 11.2 Å². The molecule has 5 heterocycles. The van der Waals surface area contributed by atoms with Gasteiger partial charge in [0.15, 0.2) is 0 Å². The van der Waals surface area contributed by atoms with E-state index in [4.69, 9.17) is 16.3 Å². The van der Waals surface area contributed by atoms with Crippen molar-refractivity contribution in [2.45, 2.75) is 57.8 Å². The number of ether oxygens (including phenoxy) is 1. The van der Waals surface area contributed by atoms with Gasteiger partial charge in [-0.3, -0.25) is 19.2 Å². The standard InChI is InChI=1S/C25H32ClN5O3SSi/c1-36(2,3)13-12-34-16-30-11-8-19-22-20(14-27-23(19)30)24(32)28-25(33)31(22)17-6-9-29(10-7-17)15-18-4-5-21(26)35-18/h4-5,8,11,14,17H,6-7,9-10,12-13,15-16H2,1-3H3,(H,28,32,33). The molecule has 1 fully saturated rings. The number of piperidine rings is 1. The second kappa shape index (κ2) is 10.3. The van der Waals surface area contributed by atoms with E-state index >= 15 is 0 Å². The molecule has 0 atom stereocenters. The number of nitrogens with zero attached hydrogens (tertiary/aromatic N) is 4. The van der Waals surface area contributed by atoms with Crippen LogP contribution in [-0.2, 0) is 18.0 Å². The van der Waals surface area contributed by atoms with Crippen LogP contribution in [-0.4, -0.2) is 51.8 Å². The van der Waals surface area contributed by atoms with Gasteiger partial charge < -0.3 is 9.30 Å². The van der Waals surface area contributed by atoms with Crippen molar-refractivity contribution in [2.75, 3.05) is 19.7 Å². The van der Waals surface area contributed by atoms with Gasteiger partial charge in [-0.25, -0.2) is 9.78 Å². The van der Waals surface area contributed by atoms with Gasteiger partial charge in [0.2, 0.25) is 0 Å². The van der Waals surface area contributed by atoms with Gasteiger partial charge >= 0.3 is 5.69 Å². The molecular formula is C25H32ClN5O3SSi. The first-order valence-corrected chi connectivity index (χ1v) is 17.3. The number of rotatable bonds is 8. The van der Waals surface area contributed by atoms with Crippen molar-refractivity contribution in [1.29, 1.82) is 0 Å². The van der Waals surface area contributed by atoms with Crippen LogP contribution in [0.5, 0.6) is 0 Å². The molecule has 0 unspecified atom stereocenters. The normalized spacial score (nSPS) is 15.9. The van der Waals surface area contributed by atoms with Gasteiger partial charge in [-0.05, 0) is 37.1 Å². The summed E-state index contributed by atoms with van der Waals surface area (Å²) in [7, 11) is -1.17. The molecule has 5 rings (SSSR count). The molecule has 4 aromatic rings. The van der Waals surface area contributed by atoms with Crippen molar-refractivity contribution in [3.05, 3.63) is 60.6 Å². The number of pyridine rings is 1. The molecule has 192 valence electrons. The second-order valence-electron chi connectivity index (χ2n) is 10.7. The van der Waals surface area contributed by atoms with E-state index in [-0.39, 0.29) is 11.7 Å². The minimum atomic E-state index is -1.17. The van der Waals surface area contributed by atoms with Crippen molar-refractivity contribution in [3.63, 3.8) is 0 Å². The summed E-state index contributed by atoms with van der Waals surface area (Å²) < 4.78 is 10.5. The van der Waals surface area contributed by atoms with Gasteiger partial charge in [-0.1, -0.05) is 31.2 Å². The van der Waals surface area contributed by atoms with Crippen molar-refractivity contribution in [1.82, 2.24) is 24.0 Å². The zero-order chi connectivity index (χ0) is 25.4. The number of nitrogens with one attached hydrogen (secondary N) is 1. The molecule has 0 saturated carbocycles. The molecule has 1 saturated heterocycles. The van der Waals surface area contributed by atoms with Crippen LogP contribution in [0.3, 0.4) is 0 Å². The maximum atomic E-state index is 13.1.